The average Bonchev–Trinajstić information content (AvgIpc) is 2.93. The second-order valence-corrected chi connectivity index (χ2v) is 6.95. The van der Waals surface area contributed by atoms with Crippen LogP contribution in [-0.2, 0) is 10.8 Å². The van der Waals surface area contributed by atoms with Crippen LogP contribution >= 0.6 is 11.3 Å². The highest BCUT2D eigenvalue weighted by molar-refractivity contribution is 7.84. The monoisotopic (exact) mass is 257 g/mol. The topological polar surface area (TPSA) is 29.1 Å². The molecule has 1 fully saturated rings. The van der Waals surface area contributed by atoms with Gasteiger partial charge in [-0.15, -0.1) is 11.3 Å². The molecule has 1 aromatic heterocycles. The zero-order chi connectivity index (χ0) is 11.4. The first kappa shape index (κ1) is 12.3. The van der Waals surface area contributed by atoms with Gasteiger partial charge in [-0.05, 0) is 43.2 Å². The highest BCUT2D eigenvalue weighted by Gasteiger charge is 2.32. The van der Waals surface area contributed by atoms with Crippen LogP contribution in [0.25, 0.3) is 0 Å². The van der Waals surface area contributed by atoms with Crippen LogP contribution in [0.5, 0.6) is 0 Å². The van der Waals surface area contributed by atoms with Crippen molar-refractivity contribution < 1.29 is 4.21 Å². The summed E-state index contributed by atoms with van der Waals surface area (Å²) in [6.07, 6.45) is 5.50. The van der Waals surface area contributed by atoms with Crippen molar-refractivity contribution in [3.05, 3.63) is 22.4 Å². The van der Waals surface area contributed by atoms with E-state index in [1.54, 1.807) is 6.26 Å². The zero-order valence-corrected chi connectivity index (χ0v) is 11.3. The van der Waals surface area contributed by atoms with E-state index in [1.807, 2.05) is 11.3 Å². The van der Waals surface area contributed by atoms with Gasteiger partial charge in [-0.3, -0.25) is 4.21 Å². The quantitative estimate of drug-likeness (QED) is 0.761. The number of hydrogen-bond acceptors (Lipinski definition) is 3. The Balaban J connectivity index is 1.78. The van der Waals surface area contributed by atoms with E-state index in [2.05, 4.69) is 22.8 Å². The van der Waals surface area contributed by atoms with Crippen molar-refractivity contribution >= 4 is 22.1 Å². The Bertz CT molecular complexity index is 333. The molecule has 2 rings (SSSR count). The first-order valence-electron chi connectivity index (χ1n) is 5.84. The molecular formula is C12H19NOS2. The first-order valence-corrected chi connectivity index (χ1v) is 8.45. The molecule has 0 bridgehead atoms. The third-order valence-electron chi connectivity index (χ3n) is 2.92. The lowest BCUT2D eigenvalue weighted by Gasteiger charge is -2.16. The molecule has 0 spiro atoms. The lowest BCUT2D eigenvalue weighted by Crippen LogP contribution is -2.24. The molecule has 16 heavy (non-hydrogen) atoms. The van der Waals surface area contributed by atoms with Gasteiger partial charge in [0, 0.05) is 33.7 Å². The molecule has 0 aliphatic heterocycles. The van der Waals surface area contributed by atoms with Crippen molar-refractivity contribution in [2.75, 3.05) is 18.6 Å². The highest BCUT2D eigenvalue weighted by atomic mass is 32.2. The Labute approximate surface area is 104 Å². The maximum atomic E-state index is 10.9. The van der Waals surface area contributed by atoms with Gasteiger partial charge < -0.3 is 5.32 Å². The molecule has 0 aromatic carbocycles. The molecule has 1 aliphatic carbocycles. The van der Waals surface area contributed by atoms with Gasteiger partial charge in [0.2, 0.25) is 0 Å². The SMILES string of the molecule is CS(=O)CCCNC(c1cccs1)C1CC1. The van der Waals surface area contributed by atoms with E-state index in [4.69, 9.17) is 0 Å². The highest BCUT2D eigenvalue weighted by Crippen LogP contribution is 2.42. The van der Waals surface area contributed by atoms with E-state index in [0.29, 0.717) is 6.04 Å². The third-order valence-corrected chi connectivity index (χ3v) is 4.73. The Morgan fingerprint density at radius 3 is 3.00 bits per heavy atom. The van der Waals surface area contributed by atoms with Crippen molar-refractivity contribution in [1.29, 1.82) is 0 Å². The summed E-state index contributed by atoms with van der Waals surface area (Å²) >= 11 is 1.84. The molecule has 2 atom stereocenters. The summed E-state index contributed by atoms with van der Waals surface area (Å²) in [4.78, 5) is 1.46. The molecule has 2 nitrogen and oxygen atoms in total. The number of rotatable bonds is 7. The minimum absolute atomic E-state index is 0.547. The fourth-order valence-electron chi connectivity index (χ4n) is 1.93. The van der Waals surface area contributed by atoms with Crippen LogP contribution in [0.2, 0.25) is 0 Å². The van der Waals surface area contributed by atoms with Gasteiger partial charge in [0.15, 0.2) is 0 Å². The molecular weight excluding hydrogens is 238 g/mol. The van der Waals surface area contributed by atoms with Crippen LogP contribution in [0.15, 0.2) is 17.5 Å². The summed E-state index contributed by atoms with van der Waals surface area (Å²) in [5, 5.41) is 5.76. The summed E-state index contributed by atoms with van der Waals surface area (Å²) in [5.74, 6) is 1.65. The molecule has 0 radical (unpaired) electrons. The summed E-state index contributed by atoms with van der Waals surface area (Å²) in [5.41, 5.74) is 0. The molecule has 0 amide bonds. The van der Waals surface area contributed by atoms with Gasteiger partial charge in [0.05, 0.1) is 0 Å². The standard InChI is InChI=1S/C12H19NOS2/c1-16(14)9-3-7-13-12(10-5-6-10)11-4-2-8-15-11/h2,4,8,10,12-13H,3,5-7,9H2,1H3. The minimum atomic E-state index is -0.649. The Morgan fingerprint density at radius 1 is 1.62 bits per heavy atom. The minimum Gasteiger partial charge on any atom is -0.309 e. The van der Waals surface area contributed by atoms with Gasteiger partial charge in [-0.1, -0.05) is 6.07 Å². The van der Waals surface area contributed by atoms with Gasteiger partial charge in [-0.2, -0.15) is 0 Å². The lowest BCUT2D eigenvalue weighted by molar-refractivity contribution is 0.488. The van der Waals surface area contributed by atoms with Crippen molar-refractivity contribution in [3.8, 4) is 0 Å². The predicted molar refractivity (Wildman–Crippen MR) is 71.3 cm³/mol. The molecule has 1 aliphatic rings. The fourth-order valence-corrected chi connectivity index (χ4v) is 3.38. The van der Waals surface area contributed by atoms with Crippen LogP contribution < -0.4 is 5.32 Å². The first-order chi connectivity index (χ1) is 7.77. The van der Waals surface area contributed by atoms with E-state index in [-0.39, 0.29) is 0 Å². The van der Waals surface area contributed by atoms with Crippen molar-refractivity contribution in [3.63, 3.8) is 0 Å². The van der Waals surface area contributed by atoms with E-state index < -0.39 is 10.8 Å². The van der Waals surface area contributed by atoms with Crippen molar-refractivity contribution in [2.24, 2.45) is 5.92 Å². The van der Waals surface area contributed by atoms with E-state index in [1.165, 1.54) is 17.7 Å². The Morgan fingerprint density at radius 2 is 2.44 bits per heavy atom. The summed E-state index contributed by atoms with van der Waals surface area (Å²) in [7, 11) is -0.649. The molecule has 1 N–H and O–H groups in total. The number of thiophene rings is 1. The Hall–Kier alpha value is -0.190. The predicted octanol–water partition coefficient (Wildman–Crippen LogP) is 2.56. The number of nitrogens with one attached hydrogen (secondary N) is 1. The van der Waals surface area contributed by atoms with Crippen molar-refractivity contribution in [2.45, 2.75) is 25.3 Å². The summed E-state index contributed by atoms with van der Waals surface area (Å²) in [6, 6.07) is 4.89. The average molecular weight is 257 g/mol. The normalized spacial score (nSPS) is 19.6. The van der Waals surface area contributed by atoms with Crippen LogP contribution in [0.1, 0.15) is 30.2 Å². The van der Waals surface area contributed by atoms with E-state index >= 15 is 0 Å². The molecule has 2 unspecified atom stereocenters. The van der Waals surface area contributed by atoms with E-state index in [0.717, 1.165) is 24.6 Å². The number of hydrogen-bond donors (Lipinski definition) is 1. The lowest BCUT2D eigenvalue weighted by atomic mass is 10.1. The second kappa shape index (κ2) is 5.94. The molecule has 90 valence electrons. The zero-order valence-electron chi connectivity index (χ0n) is 9.65. The molecule has 1 aromatic rings. The van der Waals surface area contributed by atoms with Gasteiger partial charge >= 0.3 is 0 Å². The summed E-state index contributed by atoms with van der Waals surface area (Å²) in [6.45, 7) is 0.985. The molecule has 0 saturated heterocycles. The smallest absolute Gasteiger partial charge is 0.0443 e. The maximum absolute atomic E-state index is 10.9. The molecule has 4 heteroatoms. The third kappa shape index (κ3) is 3.68. The molecule has 1 saturated carbocycles. The van der Waals surface area contributed by atoms with Gasteiger partial charge in [0.25, 0.3) is 0 Å². The van der Waals surface area contributed by atoms with Crippen LogP contribution in [0.3, 0.4) is 0 Å². The van der Waals surface area contributed by atoms with Crippen LogP contribution in [-0.4, -0.2) is 22.8 Å². The molecule has 1 heterocycles. The van der Waals surface area contributed by atoms with Crippen LogP contribution in [0.4, 0.5) is 0 Å². The largest absolute Gasteiger partial charge is 0.309 e. The van der Waals surface area contributed by atoms with Gasteiger partial charge in [-0.25, -0.2) is 0 Å². The van der Waals surface area contributed by atoms with Crippen molar-refractivity contribution in [1.82, 2.24) is 5.32 Å². The van der Waals surface area contributed by atoms with Gasteiger partial charge in [0.1, 0.15) is 0 Å². The van der Waals surface area contributed by atoms with Crippen LogP contribution in [0, 0.1) is 5.92 Å². The maximum Gasteiger partial charge on any atom is 0.0443 e. The fraction of sp³-hybridized carbons (Fsp3) is 0.667. The second-order valence-electron chi connectivity index (χ2n) is 4.42. The Kier molecular flexibility index (Phi) is 4.55. The van der Waals surface area contributed by atoms with E-state index in [9.17, 15) is 4.21 Å². The summed E-state index contributed by atoms with van der Waals surface area (Å²) < 4.78 is 10.9.